The Balaban J connectivity index is 1.88. The van der Waals surface area contributed by atoms with Crippen molar-refractivity contribution >= 4 is 0 Å². The van der Waals surface area contributed by atoms with Crippen LogP contribution in [0.25, 0.3) is 0 Å². The van der Waals surface area contributed by atoms with Gasteiger partial charge in [-0.3, -0.25) is 9.80 Å². The van der Waals surface area contributed by atoms with Gasteiger partial charge >= 0.3 is 0 Å². The smallest absolute Gasteiger partial charge is 0.0931 e. The number of fused-ring (bicyclic) bond motifs is 1. The maximum atomic E-state index is 5.50. The first-order valence-corrected chi connectivity index (χ1v) is 7.24. The minimum Gasteiger partial charge on any atom is -0.382 e. The van der Waals surface area contributed by atoms with Gasteiger partial charge in [0.2, 0.25) is 0 Å². The molecule has 0 aromatic carbocycles. The molecule has 106 valence electrons. The number of hydrogen-bond donors (Lipinski definition) is 0. The van der Waals surface area contributed by atoms with Gasteiger partial charge in [0, 0.05) is 45.9 Å². The molecule has 2 fully saturated rings. The Labute approximate surface area is 111 Å². The summed E-state index contributed by atoms with van der Waals surface area (Å²) in [5, 5.41) is 0. The molecule has 4 heteroatoms. The van der Waals surface area contributed by atoms with Gasteiger partial charge in [-0.15, -0.1) is 0 Å². The van der Waals surface area contributed by atoms with Crippen molar-refractivity contribution in [2.45, 2.75) is 44.4 Å². The molecule has 2 heterocycles. The fourth-order valence-corrected chi connectivity index (χ4v) is 3.31. The van der Waals surface area contributed by atoms with Gasteiger partial charge < -0.3 is 9.47 Å². The topological polar surface area (TPSA) is 24.9 Å². The highest BCUT2D eigenvalue weighted by atomic mass is 16.5. The summed E-state index contributed by atoms with van der Waals surface area (Å²) in [6.07, 6.45) is 4.35. The van der Waals surface area contributed by atoms with Crippen LogP contribution in [0.1, 0.15) is 26.2 Å². The minimum absolute atomic E-state index is 0.201. The monoisotopic (exact) mass is 256 g/mol. The molecule has 2 saturated heterocycles. The van der Waals surface area contributed by atoms with Crippen LogP contribution in [-0.2, 0) is 9.47 Å². The zero-order chi connectivity index (χ0) is 13.0. The molecule has 2 rings (SSSR count). The van der Waals surface area contributed by atoms with Crippen LogP contribution in [0.4, 0.5) is 0 Å². The van der Waals surface area contributed by atoms with E-state index in [-0.39, 0.29) is 6.10 Å². The predicted molar refractivity (Wildman–Crippen MR) is 72.9 cm³/mol. The summed E-state index contributed by atoms with van der Waals surface area (Å²) in [7, 11) is 3.53. The third kappa shape index (κ3) is 3.44. The molecule has 4 nitrogen and oxygen atoms in total. The Kier molecular flexibility index (Phi) is 5.42. The van der Waals surface area contributed by atoms with Gasteiger partial charge in [0.05, 0.1) is 12.7 Å². The average Bonchev–Trinajstić information content (AvgIpc) is 2.39. The van der Waals surface area contributed by atoms with Crippen LogP contribution in [0.15, 0.2) is 0 Å². The van der Waals surface area contributed by atoms with Gasteiger partial charge in [0.1, 0.15) is 0 Å². The van der Waals surface area contributed by atoms with Crippen molar-refractivity contribution in [1.29, 1.82) is 0 Å². The maximum Gasteiger partial charge on any atom is 0.0931 e. The third-order valence-corrected chi connectivity index (χ3v) is 4.44. The van der Waals surface area contributed by atoms with E-state index in [0.717, 1.165) is 12.6 Å². The lowest BCUT2D eigenvalue weighted by atomic mass is 9.97. The van der Waals surface area contributed by atoms with Crippen LogP contribution >= 0.6 is 0 Å². The normalized spacial score (nSPS) is 32.2. The standard InChI is InChI=1S/C14H28N2O2/c1-12-8-15-7-5-4-6-13(15)9-16(12)10-14(18-3)11-17-2/h12-14H,4-11H2,1-3H3. The second kappa shape index (κ2) is 6.85. The molecule has 0 aliphatic carbocycles. The number of hydrogen-bond acceptors (Lipinski definition) is 4. The van der Waals surface area contributed by atoms with Crippen molar-refractivity contribution in [1.82, 2.24) is 9.80 Å². The van der Waals surface area contributed by atoms with E-state index in [9.17, 15) is 0 Å². The second-order valence-electron chi connectivity index (χ2n) is 5.76. The molecule has 18 heavy (non-hydrogen) atoms. The first-order chi connectivity index (χ1) is 8.74. The maximum absolute atomic E-state index is 5.50. The molecule has 0 bridgehead atoms. The highest BCUT2D eigenvalue weighted by Gasteiger charge is 2.33. The number of rotatable bonds is 5. The molecule has 0 N–H and O–H groups in total. The number of piperidine rings is 1. The summed E-state index contributed by atoms with van der Waals surface area (Å²) in [5.74, 6) is 0. The van der Waals surface area contributed by atoms with Gasteiger partial charge in [0.15, 0.2) is 0 Å². The van der Waals surface area contributed by atoms with Crippen molar-refractivity contribution < 1.29 is 9.47 Å². The summed E-state index contributed by atoms with van der Waals surface area (Å²) in [6.45, 7) is 7.74. The lowest BCUT2D eigenvalue weighted by Crippen LogP contribution is -2.60. The van der Waals surface area contributed by atoms with Crippen LogP contribution < -0.4 is 0 Å². The molecule has 0 aromatic heterocycles. The van der Waals surface area contributed by atoms with Crippen LogP contribution in [0.5, 0.6) is 0 Å². The highest BCUT2D eigenvalue weighted by molar-refractivity contribution is 4.89. The number of methoxy groups -OCH3 is 2. The van der Waals surface area contributed by atoms with E-state index >= 15 is 0 Å². The molecule has 0 spiro atoms. The van der Waals surface area contributed by atoms with E-state index in [4.69, 9.17) is 9.47 Å². The van der Waals surface area contributed by atoms with E-state index in [2.05, 4.69) is 16.7 Å². The lowest BCUT2D eigenvalue weighted by Gasteiger charge is -2.48. The quantitative estimate of drug-likeness (QED) is 0.738. The van der Waals surface area contributed by atoms with E-state index < -0.39 is 0 Å². The number of ether oxygens (including phenoxy) is 2. The highest BCUT2D eigenvalue weighted by Crippen LogP contribution is 2.24. The third-order valence-electron chi connectivity index (χ3n) is 4.44. The number of piperazine rings is 1. The van der Waals surface area contributed by atoms with Crippen LogP contribution in [-0.4, -0.2) is 75.0 Å². The molecule has 3 atom stereocenters. The molecule has 3 unspecified atom stereocenters. The van der Waals surface area contributed by atoms with E-state index in [1.165, 1.54) is 38.9 Å². The molecule has 0 aromatic rings. The fraction of sp³-hybridized carbons (Fsp3) is 1.00. The molecule has 2 aliphatic rings. The van der Waals surface area contributed by atoms with E-state index in [0.29, 0.717) is 12.6 Å². The van der Waals surface area contributed by atoms with Gasteiger partial charge in [-0.1, -0.05) is 6.42 Å². The summed E-state index contributed by atoms with van der Waals surface area (Å²) < 4.78 is 10.7. The Morgan fingerprint density at radius 3 is 2.78 bits per heavy atom. The molecule has 2 aliphatic heterocycles. The first kappa shape index (κ1) is 14.3. The number of nitrogens with zero attached hydrogens (tertiary/aromatic N) is 2. The SMILES string of the molecule is COCC(CN1CC2CCCCN2CC1C)OC. The van der Waals surface area contributed by atoms with Gasteiger partial charge in [-0.05, 0) is 26.3 Å². The second-order valence-corrected chi connectivity index (χ2v) is 5.76. The minimum atomic E-state index is 0.201. The van der Waals surface area contributed by atoms with Crippen molar-refractivity contribution in [2.24, 2.45) is 0 Å². The predicted octanol–water partition coefficient (Wildman–Crippen LogP) is 1.21. The van der Waals surface area contributed by atoms with Crippen molar-refractivity contribution in [3.8, 4) is 0 Å². The molecular weight excluding hydrogens is 228 g/mol. The van der Waals surface area contributed by atoms with Crippen molar-refractivity contribution in [3.63, 3.8) is 0 Å². The van der Waals surface area contributed by atoms with Gasteiger partial charge in [0.25, 0.3) is 0 Å². The van der Waals surface area contributed by atoms with E-state index in [1.807, 2.05) is 0 Å². The zero-order valence-corrected chi connectivity index (χ0v) is 12.1. The molecule has 0 radical (unpaired) electrons. The van der Waals surface area contributed by atoms with E-state index in [1.54, 1.807) is 14.2 Å². The molecular formula is C14H28N2O2. The Morgan fingerprint density at radius 2 is 2.06 bits per heavy atom. The Morgan fingerprint density at radius 1 is 1.22 bits per heavy atom. The summed E-state index contributed by atoms with van der Waals surface area (Å²) in [4.78, 5) is 5.27. The summed E-state index contributed by atoms with van der Waals surface area (Å²) >= 11 is 0. The van der Waals surface area contributed by atoms with Crippen LogP contribution in [0.2, 0.25) is 0 Å². The zero-order valence-electron chi connectivity index (χ0n) is 12.1. The van der Waals surface area contributed by atoms with Crippen molar-refractivity contribution in [2.75, 3.05) is 47.0 Å². The van der Waals surface area contributed by atoms with Gasteiger partial charge in [-0.25, -0.2) is 0 Å². The molecule has 0 amide bonds. The first-order valence-electron chi connectivity index (χ1n) is 7.24. The Hall–Kier alpha value is -0.160. The lowest BCUT2D eigenvalue weighted by molar-refractivity contribution is -0.0367. The fourth-order valence-electron chi connectivity index (χ4n) is 3.31. The van der Waals surface area contributed by atoms with Crippen LogP contribution in [0, 0.1) is 0 Å². The average molecular weight is 256 g/mol. The molecule has 0 saturated carbocycles. The largest absolute Gasteiger partial charge is 0.382 e. The van der Waals surface area contributed by atoms with Gasteiger partial charge in [-0.2, -0.15) is 0 Å². The van der Waals surface area contributed by atoms with Crippen LogP contribution in [0.3, 0.4) is 0 Å². The summed E-state index contributed by atoms with van der Waals surface area (Å²) in [5.41, 5.74) is 0. The summed E-state index contributed by atoms with van der Waals surface area (Å²) in [6, 6.07) is 1.41. The Bertz CT molecular complexity index is 248. The van der Waals surface area contributed by atoms with Crippen molar-refractivity contribution in [3.05, 3.63) is 0 Å².